The van der Waals surface area contributed by atoms with Gasteiger partial charge in [0.25, 0.3) is 0 Å². The van der Waals surface area contributed by atoms with Crippen molar-refractivity contribution in [2.45, 2.75) is 57.2 Å². The highest BCUT2D eigenvalue weighted by Gasteiger charge is 2.15. The number of ether oxygens (including phenoxy) is 1. The molecule has 0 aromatic heterocycles. The topological polar surface area (TPSA) is 44.7 Å². The van der Waals surface area contributed by atoms with Crippen LogP contribution in [0.15, 0.2) is 0 Å². The molecule has 0 bridgehead atoms. The second-order valence-electron chi connectivity index (χ2n) is 6.00. The third-order valence-electron chi connectivity index (χ3n) is 4.23. The zero-order valence-electron chi connectivity index (χ0n) is 12.1. The number of aliphatic hydroxyl groups is 1. The van der Waals surface area contributed by atoms with Crippen LogP contribution >= 0.6 is 0 Å². The molecule has 4 heteroatoms. The fourth-order valence-electron chi connectivity index (χ4n) is 3.13. The Hall–Kier alpha value is -0.160. The summed E-state index contributed by atoms with van der Waals surface area (Å²) in [5, 5.41) is 13.2. The van der Waals surface area contributed by atoms with Gasteiger partial charge in [-0.25, -0.2) is 0 Å². The van der Waals surface area contributed by atoms with Crippen LogP contribution in [0.5, 0.6) is 0 Å². The summed E-state index contributed by atoms with van der Waals surface area (Å²) < 4.78 is 5.84. The van der Waals surface area contributed by atoms with E-state index in [4.69, 9.17) is 4.74 Å². The molecule has 112 valence electrons. The predicted octanol–water partition coefficient (Wildman–Crippen LogP) is 1.38. The Bertz CT molecular complexity index is 226. The maximum atomic E-state index is 9.91. The molecule has 1 heterocycles. The number of hydrogen-bond donors (Lipinski definition) is 2. The van der Waals surface area contributed by atoms with E-state index in [-0.39, 0.29) is 6.10 Å². The molecular weight excluding hydrogens is 240 g/mol. The summed E-state index contributed by atoms with van der Waals surface area (Å²) in [6, 6.07) is 0. The van der Waals surface area contributed by atoms with Gasteiger partial charge in [-0.3, -0.25) is 0 Å². The first-order valence-corrected chi connectivity index (χ1v) is 8.07. The van der Waals surface area contributed by atoms with Crippen LogP contribution in [0.25, 0.3) is 0 Å². The van der Waals surface area contributed by atoms with Gasteiger partial charge < -0.3 is 20.1 Å². The highest BCUT2D eigenvalue weighted by Crippen LogP contribution is 2.19. The van der Waals surface area contributed by atoms with Crippen molar-refractivity contribution in [2.75, 3.05) is 39.3 Å². The molecule has 1 saturated heterocycles. The quantitative estimate of drug-likeness (QED) is 0.654. The van der Waals surface area contributed by atoms with E-state index >= 15 is 0 Å². The molecule has 1 aliphatic heterocycles. The lowest BCUT2D eigenvalue weighted by molar-refractivity contribution is 0.0287. The smallest absolute Gasteiger partial charge is 0.0791 e. The van der Waals surface area contributed by atoms with Gasteiger partial charge in [-0.2, -0.15) is 0 Å². The van der Waals surface area contributed by atoms with Crippen LogP contribution in [-0.2, 0) is 4.74 Å². The first kappa shape index (κ1) is 15.2. The van der Waals surface area contributed by atoms with Gasteiger partial charge in [-0.15, -0.1) is 0 Å². The zero-order valence-corrected chi connectivity index (χ0v) is 12.1. The highest BCUT2D eigenvalue weighted by atomic mass is 16.5. The first-order valence-electron chi connectivity index (χ1n) is 8.07. The second-order valence-corrected chi connectivity index (χ2v) is 6.00. The Labute approximate surface area is 117 Å². The standard InChI is InChI=1S/C15H30N2O2/c18-14(13-17-9-4-5-10-17)12-16-8-11-19-15-6-2-1-3-7-15/h14-16,18H,1-13H2. The van der Waals surface area contributed by atoms with Gasteiger partial charge in [0.15, 0.2) is 0 Å². The molecule has 1 unspecified atom stereocenters. The number of rotatable bonds is 8. The average Bonchev–Trinajstić information content (AvgIpc) is 2.92. The third kappa shape index (κ3) is 6.21. The van der Waals surface area contributed by atoms with Gasteiger partial charge in [-0.1, -0.05) is 19.3 Å². The monoisotopic (exact) mass is 270 g/mol. The Morgan fingerprint density at radius 2 is 1.84 bits per heavy atom. The molecule has 2 rings (SSSR count). The van der Waals surface area contributed by atoms with E-state index in [1.54, 1.807) is 0 Å². The van der Waals surface area contributed by atoms with Crippen molar-refractivity contribution < 1.29 is 9.84 Å². The van der Waals surface area contributed by atoms with E-state index in [0.717, 1.165) is 32.8 Å². The fraction of sp³-hybridized carbons (Fsp3) is 1.00. The van der Waals surface area contributed by atoms with Crippen molar-refractivity contribution in [1.29, 1.82) is 0 Å². The van der Waals surface area contributed by atoms with Gasteiger partial charge in [0, 0.05) is 19.6 Å². The molecule has 0 spiro atoms. The maximum absolute atomic E-state index is 9.91. The summed E-state index contributed by atoms with van der Waals surface area (Å²) in [6.07, 6.45) is 9.32. The molecule has 0 aromatic rings. The minimum absolute atomic E-state index is 0.243. The highest BCUT2D eigenvalue weighted by molar-refractivity contribution is 4.71. The Morgan fingerprint density at radius 1 is 1.11 bits per heavy atom. The molecule has 0 aromatic carbocycles. The molecule has 2 N–H and O–H groups in total. The summed E-state index contributed by atoms with van der Waals surface area (Å²) >= 11 is 0. The molecule has 4 nitrogen and oxygen atoms in total. The van der Waals surface area contributed by atoms with E-state index < -0.39 is 0 Å². The minimum atomic E-state index is -0.243. The number of β-amino-alcohol motifs (C(OH)–C–C–N with tert-alkyl or cyclic N) is 1. The molecule has 19 heavy (non-hydrogen) atoms. The summed E-state index contributed by atoms with van der Waals surface area (Å²) in [6.45, 7) is 5.44. The number of nitrogens with zero attached hydrogens (tertiary/aromatic N) is 1. The van der Waals surface area contributed by atoms with Crippen LogP contribution in [0.1, 0.15) is 44.9 Å². The van der Waals surface area contributed by atoms with Crippen molar-refractivity contribution in [3.8, 4) is 0 Å². The molecule has 2 fully saturated rings. The molecule has 1 atom stereocenters. The summed E-state index contributed by atoms with van der Waals surface area (Å²) in [5.41, 5.74) is 0. The maximum Gasteiger partial charge on any atom is 0.0791 e. The number of nitrogens with one attached hydrogen (secondary N) is 1. The van der Waals surface area contributed by atoms with Gasteiger partial charge >= 0.3 is 0 Å². The first-order chi connectivity index (χ1) is 9.34. The van der Waals surface area contributed by atoms with Crippen LogP contribution in [0, 0.1) is 0 Å². The number of likely N-dealkylation sites (tertiary alicyclic amines) is 1. The molecule has 0 amide bonds. The van der Waals surface area contributed by atoms with Crippen molar-refractivity contribution in [1.82, 2.24) is 10.2 Å². The Balaban J connectivity index is 1.42. The fourth-order valence-corrected chi connectivity index (χ4v) is 3.13. The van der Waals surface area contributed by atoms with E-state index in [0.29, 0.717) is 12.6 Å². The number of hydrogen-bond acceptors (Lipinski definition) is 4. The SMILES string of the molecule is OC(CNCCOC1CCCCC1)CN1CCCC1. The van der Waals surface area contributed by atoms with Crippen LogP contribution in [-0.4, -0.2) is 61.5 Å². The van der Waals surface area contributed by atoms with E-state index in [9.17, 15) is 5.11 Å². The lowest BCUT2D eigenvalue weighted by Crippen LogP contribution is -2.38. The van der Waals surface area contributed by atoms with Crippen molar-refractivity contribution >= 4 is 0 Å². The van der Waals surface area contributed by atoms with Crippen molar-refractivity contribution in [3.63, 3.8) is 0 Å². The van der Waals surface area contributed by atoms with Crippen LogP contribution < -0.4 is 5.32 Å². The predicted molar refractivity (Wildman–Crippen MR) is 77.4 cm³/mol. The van der Waals surface area contributed by atoms with Gasteiger partial charge in [-0.05, 0) is 38.8 Å². The zero-order chi connectivity index (χ0) is 13.3. The molecular formula is C15H30N2O2. The lowest BCUT2D eigenvalue weighted by atomic mass is 9.98. The van der Waals surface area contributed by atoms with Crippen molar-refractivity contribution in [3.05, 3.63) is 0 Å². The van der Waals surface area contributed by atoms with Gasteiger partial charge in [0.1, 0.15) is 0 Å². The summed E-state index contributed by atoms with van der Waals surface area (Å²) in [7, 11) is 0. The van der Waals surface area contributed by atoms with Crippen LogP contribution in [0.2, 0.25) is 0 Å². The second kappa shape index (κ2) is 8.90. The summed E-state index contributed by atoms with van der Waals surface area (Å²) in [4.78, 5) is 2.35. The minimum Gasteiger partial charge on any atom is -0.390 e. The van der Waals surface area contributed by atoms with E-state index in [2.05, 4.69) is 10.2 Å². The van der Waals surface area contributed by atoms with E-state index in [1.165, 1.54) is 44.9 Å². The Kier molecular flexibility index (Phi) is 7.14. The van der Waals surface area contributed by atoms with Crippen LogP contribution in [0.3, 0.4) is 0 Å². The number of aliphatic hydroxyl groups excluding tert-OH is 1. The molecule has 1 saturated carbocycles. The van der Waals surface area contributed by atoms with Crippen molar-refractivity contribution in [2.24, 2.45) is 0 Å². The molecule has 2 aliphatic rings. The normalized spacial score (nSPS) is 23.8. The Morgan fingerprint density at radius 3 is 2.58 bits per heavy atom. The molecule has 1 aliphatic carbocycles. The summed E-state index contributed by atoms with van der Waals surface area (Å²) in [5.74, 6) is 0. The third-order valence-corrected chi connectivity index (χ3v) is 4.23. The lowest BCUT2D eigenvalue weighted by Gasteiger charge is -2.22. The average molecular weight is 270 g/mol. The van der Waals surface area contributed by atoms with Gasteiger partial charge in [0.05, 0.1) is 18.8 Å². The van der Waals surface area contributed by atoms with E-state index in [1.807, 2.05) is 0 Å². The largest absolute Gasteiger partial charge is 0.390 e. The molecule has 0 radical (unpaired) electrons. The van der Waals surface area contributed by atoms with Gasteiger partial charge in [0.2, 0.25) is 0 Å². The van der Waals surface area contributed by atoms with Crippen LogP contribution in [0.4, 0.5) is 0 Å².